The Kier molecular flexibility index (Phi) is 6.84. The molecule has 0 unspecified atom stereocenters. The number of amides is 1. The van der Waals surface area contributed by atoms with Crippen LogP contribution >= 0.6 is 0 Å². The van der Waals surface area contributed by atoms with E-state index in [4.69, 9.17) is 4.42 Å². The lowest BCUT2D eigenvalue weighted by atomic mass is 10.1. The van der Waals surface area contributed by atoms with Gasteiger partial charge < -0.3 is 14.6 Å². The Balaban J connectivity index is 1.90. The maximum absolute atomic E-state index is 13.2. The van der Waals surface area contributed by atoms with Gasteiger partial charge in [0.05, 0.1) is 22.8 Å². The predicted octanol–water partition coefficient (Wildman–Crippen LogP) is 2.16. The summed E-state index contributed by atoms with van der Waals surface area (Å²) >= 11 is 0. The first-order valence-corrected chi connectivity index (χ1v) is 11.5. The molecule has 1 saturated heterocycles. The van der Waals surface area contributed by atoms with Crippen LogP contribution in [0.1, 0.15) is 35.0 Å². The van der Waals surface area contributed by atoms with Crippen molar-refractivity contribution in [3.63, 3.8) is 0 Å². The van der Waals surface area contributed by atoms with Crippen molar-refractivity contribution in [2.24, 2.45) is 0 Å². The van der Waals surface area contributed by atoms with Crippen molar-refractivity contribution >= 4 is 21.6 Å². The summed E-state index contributed by atoms with van der Waals surface area (Å²) in [6.45, 7) is 2.04. The predicted molar refractivity (Wildman–Crippen MR) is 116 cm³/mol. The van der Waals surface area contributed by atoms with Gasteiger partial charge in [0.2, 0.25) is 10.0 Å². The molecule has 2 aromatic rings. The number of benzene rings is 1. The number of hydrogen-bond donors (Lipinski definition) is 1. The van der Waals surface area contributed by atoms with Crippen molar-refractivity contribution in [3.05, 3.63) is 47.9 Å². The molecule has 0 spiro atoms. The summed E-state index contributed by atoms with van der Waals surface area (Å²) < 4.78 is 31.9. The zero-order chi connectivity index (χ0) is 21.9. The fraction of sp³-hybridized carbons (Fsp3) is 0.476. The minimum atomic E-state index is -3.64. The molecule has 0 radical (unpaired) electrons. The highest BCUT2D eigenvalue weighted by Crippen LogP contribution is 2.28. The number of carbonyl (C=O) groups excluding carboxylic acids is 1. The van der Waals surface area contributed by atoms with Crippen LogP contribution in [-0.4, -0.2) is 71.4 Å². The normalized spacial score (nSPS) is 15.7. The highest BCUT2D eigenvalue weighted by Gasteiger charge is 2.25. The quantitative estimate of drug-likeness (QED) is 0.685. The van der Waals surface area contributed by atoms with E-state index >= 15 is 0 Å². The van der Waals surface area contributed by atoms with Gasteiger partial charge in [-0.1, -0.05) is 0 Å². The van der Waals surface area contributed by atoms with Gasteiger partial charge in [0.25, 0.3) is 5.91 Å². The van der Waals surface area contributed by atoms with Gasteiger partial charge in [-0.05, 0) is 57.3 Å². The van der Waals surface area contributed by atoms with Gasteiger partial charge in [0.15, 0.2) is 0 Å². The van der Waals surface area contributed by atoms with Crippen LogP contribution in [0, 0.1) is 0 Å². The lowest BCUT2D eigenvalue weighted by Crippen LogP contribution is -2.35. The van der Waals surface area contributed by atoms with E-state index in [1.165, 1.54) is 20.2 Å². The van der Waals surface area contributed by atoms with Gasteiger partial charge in [0.1, 0.15) is 5.76 Å². The number of furan rings is 1. The molecule has 2 heterocycles. The highest BCUT2D eigenvalue weighted by atomic mass is 32.2. The molecule has 3 rings (SSSR count). The van der Waals surface area contributed by atoms with Gasteiger partial charge in [-0.15, -0.1) is 0 Å². The Hall–Kier alpha value is -2.36. The SMILES string of the molecule is CN(C)[C@@H](CNC(=O)c1cc(S(=O)(=O)N(C)C)ccc1N1CCCC1)c1ccco1. The molecular formula is C21H30N4O4S. The molecule has 1 amide bonds. The van der Waals surface area contributed by atoms with Crippen LogP contribution in [0.3, 0.4) is 0 Å². The van der Waals surface area contributed by atoms with E-state index in [1.54, 1.807) is 18.4 Å². The molecule has 1 atom stereocenters. The molecule has 164 valence electrons. The first kappa shape index (κ1) is 22.3. The third kappa shape index (κ3) is 4.69. The summed E-state index contributed by atoms with van der Waals surface area (Å²) in [5, 5.41) is 2.96. The zero-order valence-corrected chi connectivity index (χ0v) is 18.8. The highest BCUT2D eigenvalue weighted by molar-refractivity contribution is 7.89. The van der Waals surface area contributed by atoms with E-state index in [0.717, 1.165) is 41.7 Å². The van der Waals surface area contributed by atoms with Crippen molar-refractivity contribution in [2.75, 3.05) is 52.7 Å². The number of nitrogens with one attached hydrogen (secondary N) is 1. The van der Waals surface area contributed by atoms with E-state index in [1.807, 2.05) is 31.1 Å². The van der Waals surface area contributed by atoms with Gasteiger partial charge in [-0.2, -0.15) is 0 Å². The second-order valence-corrected chi connectivity index (χ2v) is 10.0. The Morgan fingerprint density at radius 1 is 1.17 bits per heavy atom. The molecule has 1 aliphatic heterocycles. The third-order valence-electron chi connectivity index (χ3n) is 5.39. The summed E-state index contributed by atoms with van der Waals surface area (Å²) in [6, 6.07) is 8.35. The smallest absolute Gasteiger partial charge is 0.253 e. The first-order valence-electron chi connectivity index (χ1n) is 10.0. The van der Waals surface area contributed by atoms with Gasteiger partial charge >= 0.3 is 0 Å². The summed E-state index contributed by atoms with van der Waals surface area (Å²) in [4.78, 5) is 17.4. The zero-order valence-electron chi connectivity index (χ0n) is 18.0. The first-order chi connectivity index (χ1) is 14.2. The molecule has 8 nitrogen and oxygen atoms in total. The van der Waals surface area contributed by atoms with Crippen LogP contribution in [0.15, 0.2) is 45.9 Å². The van der Waals surface area contributed by atoms with E-state index in [2.05, 4.69) is 10.2 Å². The second kappa shape index (κ2) is 9.20. The topological polar surface area (TPSA) is 86.1 Å². The van der Waals surface area contributed by atoms with E-state index in [-0.39, 0.29) is 16.8 Å². The number of sulfonamides is 1. The fourth-order valence-electron chi connectivity index (χ4n) is 3.61. The maximum atomic E-state index is 13.2. The van der Waals surface area contributed by atoms with E-state index < -0.39 is 10.0 Å². The molecular weight excluding hydrogens is 404 g/mol. The Labute approximate surface area is 178 Å². The minimum Gasteiger partial charge on any atom is -0.468 e. The minimum absolute atomic E-state index is 0.107. The molecule has 0 bridgehead atoms. The average Bonchev–Trinajstić information content (AvgIpc) is 3.41. The van der Waals surface area contributed by atoms with Crippen LogP contribution in [0.25, 0.3) is 0 Å². The fourth-order valence-corrected chi connectivity index (χ4v) is 4.53. The number of anilines is 1. The third-order valence-corrected chi connectivity index (χ3v) is 7.20. The van der Waals surface area contributed by atoms with Crippen LogP contribution in [0.2, 0.25) is 0 Å². The average molecular weight is 435 g/mol. The van der Waals surface area contributed by atoms with Gasteiger partial charge in [0, 0.05) is 39.4 Å². The van der Waals surface area contributed by atoms with E-state index in [0.29, 0.717) is 12.1 Å². The Morgan fingerprint density at radius 3 is 2.43 bits per heavy atom. The number of carbonyl (C=O) groups is 1. The maximum Gasteiger partial charge on any atom is 0.253 e. The van der Waals surface area contributed by atoms with Crippen LogP contribution in [-0.2, 0) is 10.0 Å². The van der Waals surface area contributed by atoms with Crippen LogP contribution < -0.4 is 10.2 Å². The van der Waals surface area contributed by atoms with E-state index in [9.17, 15) is 13.2 Å². The Bertz CT molecular complexity index is 965. The van der Waals surface area contributed by atoms with Crippen molar-refractivity contribution in [1.29, 1.82) is 0 Å². The largest absolute Gasteiger partial charge is 0.468 e. The summed E-state index contributed by atoms with van der Waals surface area (Å²) in [7, 11) is 3.15. The van der Waals surface area contributed by atoms with Crippen molar-refractivity contribution in [2.45, 2.75) is 23.8 Å². The monoisotopic (exact) mass is 434 g/mol. The second-order valence-electron chi connectivity index (χ2n) is 7.87. The molecule has 1 aromatic heterocycles. The molecule has 9 heteroatoms. The molecule has 1 N–H and O–H groups in total. The summed E-state index contributed by atoms with van der Waals surface area (Å²) in [6.07, 6.45) is 3.72. The van der Waals surface area contributed by atoms with Crippen molar-refractivity contribution < 1.29 is 17.6 Å². The summed E-state index contributed by atoms with van der Waals surface area (Å²) in [5.41, 5.74) is 1.14. The van der Waals surface area contributed by atoms with Crippen molar-refractivity contribution in [1.82, 2.24) is 14.5 Å². The number of rotatable bonds is 8. The molecule has 1 aliphatic rings. The number of nitrogens with zero attached hydrogens (tertiary/aromatic N) is 3. The standard InChI is InChI=1S/C21H30N4O4S/c1-23(2)19(20-8-7-13-29-20)15-22-21(26)17-14-16(30(27,28)24(3)4)9-10-18(17)25-11-5-6-12-25/h7-10,13-14,19H,5-6,11-12,15H2,1-4H3,(H,22,26)/t19-/m0/s1. The number of likely N-dealkylation sites (N-methyl/N-ethyl adjacent to an activating group) is 1. The molecule has 0 saturated carbocycles. The molecule has 1 fully saturated rings. The lowest BCUT2D eigenvalue weighted by Gasteiger charge is -2.25. The molecule has 1 aromatic carbocycles. The summed E-state index contributed by atoms with van der Waals surface area (Å²) in [5.74, 6) is 0.454. The van der Waals surface area contributed by atoms with Crippen LogP contribution in [0.5, 0.6) is 0 Å². The molecule has 0 aliphatic carbocycles. The van der Waals surface area contributed by atoms with Crippen LogP contribution in [0.4, 0.5) is 5.69 Å². The molecule has 30 heavy (non-hydrogen) atoms. The van der Waals surface area contributed by atoms with Crippen molar-refractivity contribution in [3.8, 4) is 0 Å². The van der Waals surface area contributed by atoms with Gasteiger partial charge in [-0.3, -0.25) is 9.69 Å². The van der Waals surface area contributed by atoms with Gasteiger partial charge in [-0.25, -0.2) is 12.7 Å². The number of hydrogen-bond acceptors (Lipinski definition) is 6. The Morgan fingerprint density at radius 2 is 1.87 bits per heavy atom. The lowest BCUT2D eigenvalue weighted by molar-refractivity contribution is 0.0939.